The van der Waals surface area contributed by atoms with Gasteiger partial charge in [0.15, 0.2) is 0 Å². The Morgan fingerprint density at radius 2 is 1.79 bits per heavy atom. The predicted molar refractivity (Wildman–Crippen MR) is 164 cm³/mol. The van der Waals surface area contributed by atoms with E-state index in [1.165, 1.54) is 12.8 Å². The quantitative estimate of drug-likeness (QED) is 0.332. The summed E-state index contributed by atoms with van der Waals surface area (Å²) in [5.74, 6) is 1.16. The summed E-state index contributed by atoms with van der Waals surface area (Å²) in [5.41, 5.74) is 4.73. The van der Waals surface area contributed by atoms with Crippen molar-refractivity contribution in [1.82, 2.24) is 25.6 Å². The number of amides is 3. The molecule has 1 saturated heterocycles. The van der Waals surface area contributed by atoms with Gasteiger partial charge >= 0.3 is 0 Å². The monoisotopic (exact) mass is 582 g/mol. The van der Waals surface area contributed by atoms with Crippen molar-refractivity contribution in [2.75, 3.05) is 39.8 Å². The van der Waals surface area contributed by atoms with Crippen LogP contribution >= 0.6 is 0 Å². The first-order valence-electron chi connectivity index (χ1n) is 16.1. The van der Waals surface area contributed by atoms with E-state index in [2.05, 4.69) is 17.7 Å². The lowest BCUT2D eigenvalue weighted by Gasteiger charge is -2.33. The van der Waals surface area contributed by atoms with Crippen LogP contribution in [-0.4, -0.2) is 78.3 Å². The molecule has 232 valence electrons. The molecular formula is C32H50N6O4. The van der Waals surface area contributed by atoms with Gasteiger partial charge in [0, 0.05) is 51.1 Å². The second-order valence-corrected chi connectivity index (χ2v) is 12.0. The third kappa shape index (κ3) is 9.71. The van der Waals surface area contributed by atoms with Crippen molar-refractivity contribution >= 4 is 29.4 Å². The van der Waals surface area contributed by atoms with Crippen LogP contribution in [0.1, 0.15) is 96.0 Å². The Balaban J connectivity index is 1.36. The first-order valence-corrected chi connectivity index (χ1v) is 16.1. The molecule has 1 aliphatic carbocycles. The molecule has 2 aliphatic heterocycles. The lowest BCUT2D eigenvalue weighted by Crippen LogP contribution is -2.53. The lowest BCUT2D eigenvalue weighted by molar-refractivity contribution is -0.130. The van der Waals surface area contributed by atoms with Gasteiger partial charge in [0.05, 0.1) is 12.3 Å². The number of unbranched alkanes of at least 4 members (excludes halogenated alkanes) is 2. The van der Waals surface area contributed by atoms with Crippen molar-refractivity contribution in [3.8, 4) is 5.75 Å². The van der Waals surface area contributed by atoms with Gasteiger partial charge in [-0.05, 0) is 56.7 Å². The Morgan fingerprint density at radius 1 is 1.02 bits per heavy atom. The second kappa shape index (κ2) is 16.5. The molecule has 0 bridgehead atoms. The van der Waals surface area contributed by atoms with Crippen molar-refractivity contribution in [3.63, 3.8) is 0 Å². The summed E-state index contributed by atoms with van der Waals surface area (Å²) in [5, 5.41) is 5.04. The van der Waals surface area contributed by atoms with E-state index >= 15 is 0 Å². The number of piperidine rings is 1. The number of carbonyl (C=O) groups is 3. The van der Waals surface area contributed by atoms with E-state index in [1.807, 2.05) is 40.1 Å². The fourth-order valence-corrected chi connectivity index (χ4v) is 5.89. The van der Waals surface area contributed by atoms with Gasteiger partial charge in [-0.3, -0.25) is 25.1 Å². The number of aliphatic imine (C=N–C) groups is 1. The van der Waals surface area contributed by atoms with Crippen LogP contribution in [-0.2, 0) is 20.9 Å². The molecule has 0 atom stereocenters. The van der Waals surface area contributed by atoms with Crippen molar-refractivity contribution in [2.45, 2.75) is 96.9 Å². The summed E-state index contributed by atoms with van der Waals surface area (Å²) in [6.45, 7) is 5.65. The molecule has 1 saturated carbocycles. The van der Waals surface area contributed by atoms with Crippen LogP contribution < -0.4 is 15.5 Å². The van der Waals surface area contributed by atoms with Crippen molar-refractivity contribution in [3.05, 3.63) is 23.8 Å². The molecule has 1 aromatic rings. The van der Waals surface area contributed by atoms with E-state index in [4.69, 9.17) is 9.73 Å². The number of hydrogen-bond donors (Lipinski definition) is 2. The standard InChI is InChI=1S/C32H50N6O4/c1-3-4-9-18-36(2)30(40)15-12-21-42-27-16-17-28-26(22-27)23-37(24-29(39)35-38-19-10-6-11-20-38)32(33-28)34-31(41)25-13-7-5-8-14-25/h16-17,22,25H,3-15,18-21,23-24H2,1-2H3,(H,35,39)(H,33,34,41). The Morgan fingerprint density at radius 3 is 2.55 bits per heavy atom. The Kier molecular flexibility index (Phi) is 12.5. The Hall–Kier alpha value is -3.14. The van der Waals surface area contributed by atoms with E-state index in [0.717, 1.165) is 88.7 Å². The molecular weight excluding hydrogens is 532 g/mol. The molecule has 0 aromatic heterocycles. The molecule has 2 N–H and O–H groups in total. The Bertz CT molecular complexity index is 1080. The van der Waals surface area contributed by atoms with Crippen LogP contribution in [0.3, 0.4) is 0 Å². The minimum Gasteiger partial charge on any atom is -0.494 e. The highest BCUT2D eigenvalue weighted by Gasteiger charge is 2.28. The maximum atomic E-state index is 13.1. The average Bonchev–Trinajstić information content (AvgIpc) is 3.00. The maximum absolute atomic E-state index is 13.1. The van der Waals surface area contributed by atoms with E-state index in [-0.39, 0.29) is 30.2 Å². The van der Waals surface area contributed by atoms with Crippen LogP contribution in [0.5, 0.6) is 5.75 Å². The topological polar surface area (TPSA) is 107 Å². The third-order valence-corrected chi connectivity index (χ3v) is 8.45. The van der Waals surface area contributed by atoms with Gasteiger partial charge in [-0.25, -0.2) is 10.0 Å². The second-order valence-electron chi connectivity index (χ2n) is 12.0. The van der Waals surface area contributed by atoms with Crippen molar-refractivity contribution in [2.24, 2.45) is 10.9 Å². The average molecular weight is 583 g/mol. The number of hydrogen-bond acceptors (Lipinski definition) is 7. The molecule has 10 nitrogen and oxygen atoms in total. The number of fused-ring (bicyclic) bond motifs is 1. The molecule has 0 radical (unpaired) electrons. The number of rotatable bonds is 13. The van der Waals surface area contributed by atoms with Gasteiger partial charge < -0.3 is 14.5 Å². The lowest BCUT2D eigenvalue weighted by atomic mass is 9.89. The highest BCUT2D eigenvalue weighted by atomic mass is 16.5. The zero-order valence-corrected chi connectivity index (χ0v) is 25.7. The maximum Gasteiger partial charge on any atom is 0.253 e. The zero-order chi connectivity index (χ0) is 29.7. The number of hydrazine groups is 1. The number of nitrogens with one attached hydrogen (secondary N) is 2. The summed E-state index contributed by atoms with van der Waals surface area (Å²) >= 11 is 0. The number of guanidine groups is 1. The van der Waals surface area contributed by atoms with Gasteiger partial charge in [-0.15, -0.1) is 0 Å². The molecule has 0 unspecified atom stereocenters. The van der Waals surface area contributed by atoms with Gasteiger partial charge in [0.2, 0.25) is 17.8 Å². The molecule has 3 aliphatic rings. The molecule has 1 aromatic carbocycles. The summed E-state index contributed by atoms with van der Waals surface area (Å²) in [4.78, 5) is 47.0. The SMILES string of the molecule is CCCCCN(C)C(=O)CCCOc1ccc2c(c1)CN(CC(=O)NN1CCCCC1)C(NC(=O)C1CCCCC1)=N2. The number of nitrogens with zero attached hydrogens (tertiary/aromatic N) is 4. The van der Waals surface area contributed by atoms with Crippen molar-refractivity contribution in [1.29, 1.82) is 0 Å². The molecule has 10 heteroatoms. The van der Waals surface area contributed by atoms with Crippen LogP contribution in [0.15, 0.2) is 23.2 Å². The van der Waals surface area contributed by atoms with E-state index < -0.39 is 0 Å². The zero-order valence-electron chi connectivity index (χ0n) is 25.7. The summed E-state index contributed by atoms with van der Waals surface area (Å²) in [6, 6.07) is 5.72. The largest absolute Gasteiger partial charge is 0.494 e. The highest BCUT2D eigenvalue weighted by molar-refractivity contribution is 6.01. The smallest absolute Gasteiger partial charge is 0.253 e. The van der Waals surface area contributed by atoms with Crippen LogP contribution in [0.2, 0.25) is 0 Å². The first-order chi connectivity index (χ1) is 20.4. The minimum atomic E-state index is -0.114. The molecule has 4 rings (SSSR count). The fourth-order valence-electron chi connectivity index (χ4n) is 5.89. The van der Waals surface area contributed by atoms with E-state index in [0.29, 0.717) is 37.7 Å². The number of ether oxygens (including phenoxy) is 1. The molecule has 0 spiro atoms. The van der Waals surface area contributed by atoms with Crippen LogP contribution in [0.25, 0.3) is 0 Å². The highest BCUT2D eigenvalue weighted by Crippen LogP contribution is 2.30. The first kappa shape index (κ1) is 31.8. The third-order valence-electron chi connectivity index (χ3n) is 8.45. The van der Waals surface area contributed by atoms with Crippen molar-refractivity contribution < 1.29 is 19.1 Å². The predicted octanol–water partition coefficient (Wildman–Crippen LogP) is 4.51. The van der Waals surface area contributed by atoms with Gasteiger partial charge in [0.25, 0.3) is 5.91 Å². The van der Waals surface area contributed by atoms with Crippen LogP contribution in [0, 0.1) is 5.92 Å². The summed E-state index contributed by atoms with van der Waals surface area (Å²) < 4.78 is 5.99. The van der Waals surface area contributed by atoms with E-state index in [1.54, 1.807) is 0 Å². The van der Waals surface area contributed by atoms with Crippen LogP contribution in [0.4, 0.5) is 5.69 Å². The molecule has 2 fully saturated rings. The molecule has 42 heavy (non-hydrogen) atoms. The summed E-state index contributed by atoms with van der Waals surface area (Å²) in [6.07, 6.45) is 12.9. The normalized spacial score (nSPS) is 17.7. The Labute approximate surface area is 251 Å². The van der Waals surface area contributed by atoms with Gasteiger partial charge in [-0.1, -0.05) is 45.4 Å². The number of benzene rings is 1. The molecule has 3 amide bonds. The van der Waals surface area contributed by atoms with Gasteiger partial charge in [-0.2, -0.15) is 0 Å². The number of carbonyl (C=O) groups excluding carboxylic acids is 3. The minimum absolute atomic E-state index is 0.00865. The summed E-state index contributed by atoms with van der Waals surface area (Å²) in [7, 11) is 1.87. The molecule has 2 heterocycles. The van der Waals surface area contributed by atoms with Gasteiger partial charge in [0.1, 0.15) is 12.3 Å². The fraction of sp³-hybridized carbons (Fsp3) is 0.688. The van der Waals surface area contributed by atoms with E-state index in [9.17, 15) is 14.4 Å².